The lowest BCUT2D eigenvalue weighted by Gasteiger charge is -2.29. The van der Waals surface area contributed by atoms with Gasteiger partial charge in [0.15, 0.2) is 6.04 Å². The van der Waals surface area contributed by atoms with E-state index in [1.807, 2.05) is 47.8 Å². The van der Waals surface area contributed by atoms with Crippen molar-refractivity contribution in [3.63, 3.8) is 0 Å². The zero-order valence-corrected chi connectivity index (χ0v) is 21.8. The molecule has 5 rings (SSSR count). The minimum Gasteiger partial charge on any atom is -0.464 e. The minimum absolute atomic E-state index is 0.180. The van der Waals surface area contributed by atoms with Gasteiger partial charge < -0.3 is 14.6 Å². The van der Waals surface area contributed by atoms with Crippen molar-refractivity contribution in [3.8, 4) is 11.4 Å². The first-order valence-electron chi connectivity index (χ1n) is 12.2. The van der Waals surface area contributed by atoms with Gasteiger partial charge in [0.2, 0.25) is 11.7 Å². The highest BCUT2D eigenvalue weighted by Gasteiger charge is 2.34. The fraction of sp³-hybridized carbons (Fsp3) is 0.179. The summed E-state index contributed by atoms with van der Waals surface area (Å²) in [6.07, 6.45) is 0. The van der Waals surface area contributed by atoms with Crippen molar-refractivity contribution < 1.29 is 18.4 Å². The van der Waals surface area contributed by atoms with Crippen LogP contribution in [0.4, 0.5) is 4.39 Å². The third-order valence-corrected chi connectivity index (χ3v) is 6.82. The zero-order chi connectivity index (χ0) is 27.2. The molecule has 1 N–H and O–H groups in total. The summed E-state index contributed by atoms with van der Waals surface area (Å²) >= 11 is 1.48. The third-order valence-electron chi connectivity index (χ3n) is 5.96. The molecule has 0 aliphatic heterocycles. The molecular weight excluding hydrogens is 519 g/mol. The monoisotopic (exact) mass is 544 g/mol. The number of amides is 2. The van der Waals surface area contributed by atoms with Gasteiger partial charge in [0, 0.05) is 17.0 Å². The number of carbonyl (C=O) groups is 2. The molecule has 0 saturated heterocycles. The molecule has 0 unspecified atom stereocenters. The Kier molecular flexibility index (Phi) is 7.88. The normalized spacial score (nSPS) is 11.7. The largest absolute Gasteiger partial charge is 0.464 e. The highest BCUT2D eigenvalue weighted by molar-refractivity contribution is 7.09. The molecule has 198 valence electrons. The van der Waals surface area contributed by atoms with Gasteiger partial charge in [-0.1, -0.05) is 36.4 Å². The first kappa shape index (κ1) is 26.0. The molecule has 0 saturated carbocycles. The van der Waals surface area contributed by atoms with Crippen LogP contribution in [-0.2, 0) is 29.2 Å². The maximum Gasteiger partial charge on any atom is 0.251 e. The van der Waals surface area contributed by atoms with E-state index in [4.69, 9.17) is 4.42 Å². The SMILES string of the molecule is Cc1ccc([C@H](C(=O)NCc2ccccc2)N(Cc2cccs2)C(=O)Cn2nnc(-c3ccc(F)cc3)n2)o1. The molecule has 3 aromatic heterocycles. The number of furan rings is 1. The molecule has 0 spiro atoms. The van der Waals surface area contributed by atoms with Gasteiger partial charge >= 0.3 is 0 Å². The van der Waals surface area contributed by atoms with Gasteiger partial charge in [0.1, 0.15) is 23.9 Å². The summed E-state index contributed by atoms with van der Waals surface area (Å²) < 4.78 is 19.2. The highest BCUT2D eigenvalue weighted by Crippen LogP contribution is 2.27. The van der Waals surface area contributed by atoms with Crippen molar-refractivity contribution in [1.82, 2.24) is 30.4 Å². The number of aryl methyl sites for hydroxylation is 1. The molecule has 0 fully saturated rings. The van der Waals surface area contributed by atoms with E-state index in [1.165, 1.54) is 40.5 Å². The lowest BCUT2D eigenvalue weighted by atomic mass is 10.1. The van der Waals surface area contributed by atoms with Crippen LogP contribution >= 0.6 is 11.3 Å². The summed E-state index contributed by atoms with van der Waals surface area (Å²) in [5.74, 6) is 0.0662. The topological polar surface area (TPSA) is 106 Å². The van der Waals surface area contributed by atoms with E-state index in [0.717, 1.165) is 15.2 Å². The Morgan fingerprint density at radius 3 is 2.54 bits per heavy atom. The standard InChI is InChI=1S/C28H25FN6O3S/c1-19-9-14-24(38-19)26(28(37)30-16-20-6-3-2-4-7-20)34(17-23-8-5-15-39-23)25(36)18-35-32-27(31-33-35)21-10-12-22(29)13-11-21/h2-15,26H,16-18H2,1H3,(H,30,37)/t26-/m1/s1. The Morgan fingerprint density at radius 1 is 1.05 bits per heavy atom. The number of hydrogen-bond donors (Lipinski definition) is 1. The van der Waals surface area contributed by atoms with Crippen molar-refractivity contribution >= 4 is 23.2 Å². The third kappa shape index (κ3) is 6.44. The summed E-state index contributed by atoms with van der Waals surface area (Å²) in [7, 11) is 0. The van der Waals surface area contributed by atoms with Crippen molar-refractivity contribution in [1.29, 1.82) is 0 Å². The van der Waals surface area contributed by atoms with E-state index in [1.54, 1.807) is 19.1 Å². The number of halogens is 1. The first-order chi connectivity index (χ1) is 19.0. The number of nitrogens with one attached hydrogen (secondary N) is 1. The average Bonchev–Trinajstić information content (AvgIpc) is 3.71. The Bertz CT molecular complexity index is 1530. The van der Waals surface area contributed by atoms with Gasteiger partial charge in [-0.2, -0.15) is 4.80 Å². The predicted octanol–water partition coefficient (Wildman–Crippen LogP) is 4.53. The van der Waals surface area contributed by atoms with E-state index in [-0.39, 0.29) is 30.6 Å². The Labute approximate surface area is 227 Å². The van der Waals surface area contributed by atoms with Crippen LogP contribution in [0.15, 0.2) is 88.7 Å². The molecule has 2 aromatic carbocycles. The summed E-state index contributed by atoms with van der Waals surface area (Å²) in [5, 5.41) is 17.2. The molecule has 11 heteroatoms. The van der Waals surface area contributed by atoms with Crippen molar-refractivity contribution in [2.75, 3.05) is 0 Å². The van der Waals surface area contributed by atoms with Gasteiger partial charge in [-0.15, -0.1) is 21.5 Å². The summed E-state index contributed by atoms with van der Waals surface area (Å²) in [6, 6.07) is 21.4. The molecule has 0 bridgehead atoms. The Balaban J connectivity index is 1.42. The van der Waals surface area contributed by atoms with E-state index < -0.39 is 11.9 Å². The zero-order valence-electron chi connectivity index (χ0n) is 21.0. The van der Waals surface area contributed by atoms with E-state index in [9.17, 15) is 14.0 Å². The molecule has 9 nitrogen and oxygen atoms in total. The second kappa shape index (κ2) is 11.8. The predicted molar refractivity (Wildman–Crippen MR) is 143 cm³/mol. The Morgan fingerprint density at radius 2 is 1.85 bits per heavy atom. The van der Waals surface area contributed by atoms with E-state index in [2.05, 4.69) is 20.7 Å². The van der Waals surface area contributed by atoms with Gasteiger partial charge in [0.25, 0.3) is 5.91 Å². The number of thiophene rings is 1. The smallest absolute Gasteiger partial charge is 0.251 e. The van der Waals surface area contributed by atoms with Crippen LogP contribution in [0.5, 0.6) is 0 Å². The van der Waals surface area contributed by atoms with Crippen LogP contribution in [-0.4, -0.2) is 36.9 Å². The summed E-state index contributed by atoms with van der Waals surface area (Å²) in [6.45, 7) is 1.99. The van der Waals surface area contributed by atoms with Crippen LogP contribution < -0.4 is 5.32 Å². The fourth-order valence-corrected chi connectivity index (χ4v) is 4.74. The quantitative estimate of drug-likeness (QED) is 0.277. The number of carbonyl (C=O) groups excluding carboxylic acids is 2. The second-order valence-electron chi connectivity index (χ2n) is 8.81. The molecular formula is C28H25FN6O3S. The molecule has 0 aliphatic carbocycles. The average molecular weight is 545 g/mol. The van der Waals surface area contributed by atoms with E-state index in [0.29, 0.717) is 23.6 Å². The number of rotatable bonds is 10. The minimum atomic E-state index is -1.03. The van der Waals surface area contributed by atoms with E-state index >= 15 is 0 Å². The van der Waals surface area contributed by atoms with Crippen LogP contribution in [0.1, 0.15) is 28.0 Å². The highest BCUT2D eigenvalue weighted by atomic mass is 32.1. The molecule has 5 aromatic rings. The van der Waals surface area contributed by atoms with Crippen molar-refractivity contribution in [2.45, 2.75) is 32.6 Å². The van der Waals surface area contributed by atoms with Crippen molar-refractivity contribution in [2.24, 2.45) is 0 Å². The number of tetrazole rings is 1. The van der Waals surface area contributed by atoms with Crippen LogP contribution in [0.25, 0.3) is 11.4 Å². The first-order valence-corrected chi connectivity index (χ1v) is 13.1. The molecule has 0 radical (unpaired) electrons. The summed E-state index contributed by atoms with van der Waals surface area (Å²) in [4.78, 5) is 30.9. The van der Waals surface area contributed by atoms with Gasteiger partial charge in [-0.3, -0.25) is 9.59 Å². The number of benzene rings is 2. The van der Waals surface area contributed by atoms with Crippen LogP contribution in [0.3, 0.4) is 0 Å². The lowest BCUT2D eigenvalue weighted by Crippen LogP contribution is -2.44. The van der Waals surface area contributed by atoms with Gasteiger partial charge in [-0.25, -0.2) is 4.39 Å². The summed E-state index contributed by atoms with van der Waals surface area (Å²) in [5.41, 5.74) is 1.49. The Hall–Kier alpha value is -4.64. The van der Waals surface area contributed by atoms with Crippen molar-refractivity contribution in [3.05, 3.63) is 112 Å². The second-order valence-corrected chi connectivity index (χ2v) is 9.84. The van der Waals surface area contributed by atoms with Gasteiger partial charge in [-0.05, 0) is 65.5 Å². The fourth-order valence-electron chi connectivity index (χ4n) is 4.04. The number of nitrogens with zero attached hydrogens (tertiary/aromatic N) is 5. The maximum absolute atomic E-state index is 13.8. The number of aromatic nitrogens is 4. The number of hydrogen-bond acceptors (Lipinski definition) is 7. The molecule has 3 heterocycles. The van der Waals surface area contributed by atoms with Crippen LogP contribution in [0.2, 0.25) is 0 Å². The molecule has 1 atom stereocenters. The van der Waals surface area contributed by atoms with Crippen LogP contribution in [0, 0.1) is 12.7 Å². The maximum atomic E-state index is 13.8. The molecule has 0 aliphatic rings. The lowest BCUT2D eigenvalue weighted by molar-refractivity contribution is -0.143. The molecule has 2 amide bonds. The van der Waals surface area contributed by atoms with Gasteiger partial charge in [0.05, 0.1) is 6.54 Å². The molecule has 39 heavy (non-hydrogen) atoms.